The van der Waals surface area contributed by atoms with E-state index in [1.54, 1.807) is 36.2 Å². The number of nitrogens with one attached hydrogen (secondary N) is 1. The van der Waals surface area contributed by atoms with Gasteiger partial charge in [0.2, 0.25) is 0 Å². The number of aromatic nitrogens is 1. The number of aromatic hydroxyl groups is 1. The molecule has 3 rings (SSSR count). The number of carbonyl (C=O) groups is 1. The van der Waals surface area contributed by atoms with Gasteiger partial charge >= 0.3 is 6.09 Å². The molecule has 29 heavy (non-hydrogen) atoms. The molecular weight excluding hydrogens is 417 g/mol. The summed E-state index contributed by atoms with van der Waals surface area (Å²) in [5.41, 5.74) is 1.70. The van der Waals surface area contributed by atoms with E-state index in [0.29, 0.717) is 61.4 Å². The Bertz CT molecular complexity index is 920. The van der Waals surface area contributed by atoms with Gasteiger partial charge in [0, 0.05) is 54.5 Å². The smallest absolute Gasteiger partial charge is 0.409 e. The average Bonchev–Trinajstić information content (AvgIpc) is 2.67. The molecule has 0 bridgehead atoms. The molecule has 0 spiro atoms. The predicted octanol–water partition coefficient (Wildman–Crippen LogP) is 3.25. The quantitative estimate of drug-likeness (QED) is 0.746. The molecule has 2 aromatic rings. The highest BCUT2D eigenvalue weighted by Crippen LogP contribution is 2.25. The van der Waals surface area contributed by atoms with E-state index in [2.05, 4.69) is 9.88 Å². The number of nitrogens with zero attached hydrogens (tertiary/aromatic N) is 2. The van der Waals surface area contributed by atoms with Gasteiger partial charge in [0.05, 0.1) is 6.61 Å². The Morgan fingerprint density at radius 1 is 1.17 bits per heavy atom. The van der Waals surface area contributed by atoms with Gasteiger partial charge in [-0.3, -0.25) is 9.69 Å². The van der Waals surface area contributed by atoms with E-state index in [0.717, 1.165) is 11.1 Å². The molecule has 7 nitrogen and oxygen atoms in total. The first kappa shape index (κ1) is 21.5. The molecule has 1 amide bonds. The summed E-state index contributed by atoms with van der Waals surface area (Å²) in [6.45, 7) is 4.82. The molecule has 9 heteroatoms. The summed E-state index contributed by atoms with van der Waals surface area (Å²) >= 11 is 12.2. The minimum absolute atomic E-state index is 0.288. The van der Waals surface area contributed by atoms with Gasteiger partial charge in [-0.25, -0.2) is 4.79 Å². The minimum Gasteiger partial charge on any atom is -0.503 e. The molecule has 1 fully saturated rings. The van der Waals surface area contributed by atoms with Crippen LogP contribution < -0.4 is 5.56 Å². The van der Waals surface area contributed by atoms with Crippen LogP contribution >= 0.6 is 23.2 Å². The van der Waals surface area contributed by atoms with E-state index < -0.39 is 5.56 Å². The highest BCUT2D eigenvalue weighted by atomic mass is 35.5. The molecule has 0 aliphatic carbocycles. The van der Waals surface area contributed by atoms with E-state index >= 15 is 0 Å². The van der Waals surface area contributed by atoms with Crippen molar-refractivity contribution < 1.29 is 14.6 Å². The van der Waals surface area contributed by atoms with E-state index in [-0.39, 0.29) is 11.8 Å². The fourth-order valence-corrected chi connectivity index (χ4v) is 3.96. The van der Waals surface area contributed by atoms with Gasteiger partial charge in [-0.1, -0.05) is 23.2 Å². The lowest BCUT2D eigenvalue weighted by atomic mass is 10.0. The third kappa shape index (κ3) is 5.44. The van der Waals surface area contributed by atoms with Crippen molar-refractivity contribution in [3.05, 3.63) is 61.5 Å². The zero-order valence-corrected chi connectivity index (χ0v) is 17.6. The second kappa shape index (κ2) is 9.52. The molecule has 156 valence electrons. The average molecular weight is 440 g/mol. The summed E-state index contributed by atoms with van der Waals surface area (Å²) in [6.07, 6.45) is 1.76. The molecule has 2 heterocycles. The lowest BCUT2D eigenvalue weighted by Crippen LogP contribution is -2.48. The second-order valence-electron chi connectivity index (χ2n) is 6.89. The Labute approximate surface area is 178 Å². The highest BCUT2D eigenvalue weighted by Gasteiger charge is 2.24. The standard InChI is InChI=1S/C20H23Cl2N3O4/c1-2-29-20(28)25-5-3-24(4-6-25)12-17-14(11-23-19(27)18(17)26)7-13-8-15(21)10-16(22)9-13/h8-11,26H,2-7,12H2,1H3,(H,23,27). The topological polar surface area (TPSA) is 85.9 Å². The number of aromatic amines is 1. The molecule has 0 unspecified atom stereocenters. The zero-order chi connectivity index (χ0) is 21.0. The van der Waals surface area contributed by atoms with E-state index in [4.69, 9.17) is 27.9 Å². The number of ether oxygens (including phenoxy) is 1. The van der Waals surface area contributed by atoms with Crippen LogP contribution in [0.25, 0.3) is 0 Å². The second-order valence-corrected chi connectivity index (χ2v) is 7.76. The largest absolute Gasteiger partial charge is 0.503 e. The first-order valence-corrected chi connectivity index (χ1v) is 10.1. The number of rotatable bonds is 5. The maximum atomic E-state index is 12.0. The van der Waals surface area contributed by atoms with Gasteiger partial charge in [-0.2, -0.15) is 0 Å². The number of pyridine rings is 1. The molecule has 1 saturated heterocycles. The monoisotopic (exact) mass is 439 g/mol. The van der Waals surface area contributed by atoms with E-state index in [1.807, 2.05) is 0 Å². The van der Waals surface area contributed by atoms with E-state index in [9.17, 15) is 14.7 Å². The first-order chi connectivity index (χ1) is 13.9. The molecule has 1 aromatic carbocycles. The number of carbonyl (C=O) groups excluding carboxylic acids is 1. The number of hydrogen-bond acceptors (Lipinski definition) is 5. The van der Waals surface area contributed by atoms with Gasteiger partial charge in [0.15, 0.2) is 5.75 Å². The Morgan fingerprint density at radius 3 is 2.45 bits per heavy atom. The van der Waals surface area contributed by atoms with Crippen molar-refractivity contribution in [3.63, 3.8) is 0 Å². The van der Waals surface area contributed by atoms with Gasteiger partial charge < -0.3 is 19.7 Å². The molecule has 1 aliphatic heterocycles. The van der Waals surface area contributed by atoms with Crippen molar-refractivity contribution in [2.24, 2.45) is 0 Å². The normalized spacial score (nSPS) is 14.8. The van der Waals surface area contributed by atoms with Crippen LogP contribution in [0.2, 0.25) is 10.0 Å². The Morgan fingerprint density at radius 2 is 1.83 bits per heavy atom. The minimum atomic E-state index is -0.530. The molecular formula is C20H23Cl2N3O4. The van der Waals surface area contributed by atoms with E-state index in [1.165, 1.54) is 0 Å². The SMILES string of the molecule is CCOC(=O)N1CCN(Cc2c(Cc3cc(Cl)cc(Cl)c3)c[nH]c(=O)c2O)CC1. The maximum absolute atomic E-state index is 12.0. The summed E-state index contributed by atoms with van der Waals surface area (Å²) in [4.78, 5) is 30.2. The molecule has 1 aliphatic rings. The zero-order valence-electron chi connectivity index (χ0n) is 16.1. The van der Waals surface area contributed by atoms with Gasteiger partial charge in [-0.15, -0.1) is 0 Å². The third-order valence-electron chi connectivity index (χ3n) is 4.86. The number of piperazine rings is 1. The van der Waals surface area contributed by atoms with Crippen LogP contribution in [0, 0.1) is 0 Å². The Hall–Kier alpha value is -2.22. The van der Waals surface area contributed by atoms with Crippen LogP contribution in [0.3, 0.4) is 0 Å². The number of amides is 1. The van der Waals surface area contributed by atoms with Crippen LogP contribution in [0.1, 0.15) is 23.6 Å². The fraction of sp³-hybridized carbons (Fsp3) is 0.400. The predicted molar refractivity (Wildman–Crippen MR) is 112 cm³/mol. The number of halogens is 2. The third-order valence-corrected chi connectivity index (χ3v) is 5.30. The lowest BCUT2D eigenvalue weighted by Gasteiger charge is -2.34. The van der Waals surface area contributed by atoms with Gasteiger partial charge in [0.1, 0.15) is 0 Å². The first-order valence-electron chi connectivity index (χ1n) is 9.38. The maximum Gasteiger partial charge on any atom is 0.409 e. The summed E-state index contributed by atoms with van der Waals surface area (Å²) in [5.74, 6) is -0.288. The van der Waals surface area contributed by atoms with Crippen LogP contribution in [0.5, 0.6) is 5.75 Å². The van der Waals surface area contributed by atoms with Gasteiger partial charge in [0.25, 0.3) is 5.56 Å². The van der Waals surface area contributed by atoms with Gasteiger partial charge in [-0.05, 0) is 42.7 Å². The molecule has 1 aromatic heterocycles. The number of benzene rings is 1. The lowest BCUT2D eigenvalue weighted by molar-refractivity contribution is 0.0775. The van der Waals surface area contributed by atoms with Crippen LogP contribution in [0.15, 0.2) is 29.2 Å². The van der Waals surface area contributed by atoms with Crippen molar-refractivity contribution in [3.8, 4) is 5.75 Å². The van der Waals surface area contributed by atoms with Crippen molar-refractivity contribution in [2.75, 3.05) is 32.8 Å². The number of hydrogen-bond donors (Lipinski definition) is 2. The molecule has 2 N–H and O–H groups in total. The fourth-order valence-electron chi connectivity index (χ4n) is 3.39. The van der Waals surface area contributed by atoms with Crippen molar-refractivity contribution in [1.29, 1.82) is 0 Å². The Kier molecular flexibility index (Phi) is 7.05. The van der Waals surface area contributed by atoms with Crippen molar-refractivity contribution >= 4 is 29.3 Å². The summed E-state index contributed by atoms with van der Waals surface area (Å²) in [6, 6.07) is 5.26. The molecule has 0 saturated carbocycles. The van der Waals surface area contributed by atoms with Crippen molar-refractivity contribution in [2.45, 2.75) is 19.9 Å². The number of H-pyrrole nitrogens is 1. The van der Waals surface area contributed by atoms with Crippen LogP contribution in [-0.2, 0) is 17.7 Å². The van der Waals surface area contributed by atoms with Crippen LogP contribution in [-0.4, -0.2) is 58.8 Å². The molecule has 0 radical (unpaired) electrons. The van der Waals surface area contributed by atoms with Crippen LogP contribution in [0.4, 0.5) is 4.79 Å². The highest BCUT2D eigenvalue weighted by molar-refractivity contribution is 6.34. The summed E-state index contributed by atoms with van der Waals surface area (Å²) in [7, 11) is 0. The molecule has 0 atom stereocenters. The summed E-state index contributed by atoms with van der Waals surface area (Å²) in [5, 5.41) is 11.5. The Balaban J connectivity index is 1.76. The van der Waals surface area contributed by atoms with Crippen molar-refractivity contribution in [1.82, 2.24) is 14.8 Å². The summed E-state index contributed by atoms with van der Waals surface area (Å²) < 4.78 is 5.04.